The summed E-state index contributed by atoms with van der Waals surface area (Å²) < 4.78 is 0. The van der Waals surface area contributed by atoms with Gasteiger partial charge in [0.1, 0.15) is 12.4 Å². The number of nitrogens with zero attached hydrogens (tertiary/aromatic N) is 2. The number of imidazole rings is 1. The van der Waals surface area contributed by atoms with Gasteiger partial charge < -0.3 is 10.3 Å². The van der Waals surface area contributed by atoms with Gasteiger partial charge in [-0.15, -0.1) is 0 Å². The van der Waals surface area contributed by atoms with Crippen LogP contribution in [0, 0.1) is 0 Å². The molecule has 1 heterocycles. The minimum atomic E-state index is 0.489. The molecule has 6 heteroatoms. The topological polar surface area (TPSA) is 91.1 Å². The lowest BCUT2D eigenvalue weighted by molar-refractivity contribution is 0.785. The summed E-state index contributed by atoms with van der Waals surface area (Å²) in [5.41, 5.74) is 2.50. The van der Waals surface area contributed by atoms with E-state index in [2.05, 4.69) is 32.6 Å². The number of hydrogen-bond donors (Lipinski definition) is 4. The maximum atomic E-state index is 5.28. The first-order chi connectivity index (χ1) is 6.86. The lowest BCUT2D eigenvalue weighted by Crippen LogP contribution is -2.41. The van der Waals surface area contributed by atoms with Gasteiger partial charge in [0.05, 0.1) is 0 Å². The van der Waals surface area contributed by atoms with Crippen molar-refractivity contribution in [3.63, 3.8) is 0 Å². The SMILES string of the molecule is CCCNC(=NCc1ncc[nH]1)NN. The minimum absolute atomic E-state index is 0.489. The molecule has 0 bridgehead atoms. The van der Waals surface area contributed by atoms with E-state index in [-0.39, 0.29) is 0 Å². The molecule has 0 aromatic carbocycles. The Morgan fingerprint density at radius 1 is 1.71 bits per heavy atom. The van der Waals surface area contributed by atoms with Gasteiger partial charge in [0.2, 0.25) is 5.96 Å². The summed E-state index contributed by atoms with van der Waals surface area (Å²) in [5, 5.41) is 3.05. The highest BCUT2D eigenvalue weighted by molar-refractivity contribution is 5.78. The van der Waals surface area contributed by atoms with E-state index in [1.807, 2.05) is 0 Å². The van der Waals surface area contributed by atoms with Crippen LogP contribution in [0.25, 0.3) is 0 Å². The van der Waals surface area contributed by atoms with Gasteiger partial charge in [0, 0.05) is 18.9 Å². The van der Waals surface area contributed by atoms with Crippen LogP contribution >= 0.6 is 0 Å². The van der Waals surface area contributed by atoms with Gasteiger partial charge >= 0.3 is 0 Å². The zero-order chi connectivity index (χ0) is 10.2. The smallest absolute Gasteiger partial charge is 0.206 e. The molecule has 0 radical (unpaired) electrons. The summed E-state index contributed by atoms with van der Waals surface area (Å²) in [4.78, 5) is 11.2. The molecule has 5 N–H and O–H groups in total. The van der Waals surface area contributed by atoms with E-state index in [1.54, 1.807) is 12.4 Å². The first kappa shape index (κ1) is 10.5. The first-order valence-corrected chi connectivity index (χ1v) is 4.60. The largest absolute Gasteiger partial charge is 0.355 e. The highest BCUT2D eigenvalue weighted by Gasteiger charge is 1.95. The molecule has 0 fully saturated rings. The zero-order valence-electron chi connectivity index (χ0n) is 8.25. The number of aliphatic imine (C=N–C) groups is 1. The van der Waals surface area contributed by atoms with Crippen molar-refractivity contribution in [2.75, 3.05) is 6.54 Å². The number of aromatic amines is 1. The highest BCUT2D eigenvalue weighted by atomic mass is 15.3. The van der Waals surface area contributed by atoms with E-state index in [1.165, 1.54) is 0 Å². The van der Waals surface area contributed by atoms with Crippen LogP contribution in [-0.4, -0.2) is 22.5 Å². The Kier molecular flexibility index (Phi) is 4.49. The molecule has 0 unspecified atom stereocenters. The Bertz CT molecular complexity index is 265. The minimum Gasteiger partial charge on any atom is -0.355 e. The van der Waals surface area contributed by atoms with Crippen LogP contribution in [0.2, 0.25) is 0 Å². The number of rotatable bonds is 4. The number of hydrogen-bond acceptors (Lipinski definition) is 3. The summed E-state index contributed by atoms with van der Waals surface area (Å²) in [6.07, 6.45) is 4.49. The summed E-state index contributed by atoms with van der Waals surface area (Å²) in [5.74, 6) is 6.68. The fraction of sp³-hybridized carbons (Fsp3) is 0.500. The fourth-order valence-corrected chi connectivity index (χ4v) is 0.934. The molecule has 1 aromatic rings. The van der Waals surface area contributed by atoms with E-state index >= 15 is 0 Å². The second kappa shape index (κ2) is 5.98. The van der Waals surface area contributed by atoms with Crippen LogP contribution in [0.1, 0.15) is 19.2 Å². The molecule has 1 rings (SSSR count). The van der Waals surface area contributed by atoms with Gasteiger partial charge in [-0.1, -0.05) is 6.92 Å². The van der Waals surface area contributed by atoms with Crippen LogP contribution in [0.15, 0.2) is 17.4 Å². The predicted molar refractivity (Wildman–Crippen MR) is 55.3 cm³/mol. The van der Waals surface area contributed by atoms with Gasteiger partial charge in [-0.3, -0.25) is 5.43 Å². The third-order valence-corrected chi connectivity index (χ3v) is 1.62. The second-order valence-electron chi connectivity index (χ2n) is 2.77. The molecule has 14 heavy (non-hydrogen) atoms. The number of aromatic nitrogens is 2. The molecule has 0 atom stereocenters. The number of H-pyrrole nitrogens is 1. The number of guanidine groups is 1. The maximum absolute atomic E-state index is 5.28. The average molecular weight is 196 g/mol. The Hall–Kier alpha value is -1.56. The molecular weight excluding hydrogens is 180 g/mol. The summed E-state index contributed by atoms with van der Waals surface area (Å²) in [6, 6.07) is 0. The quantitative estimate of drug-likeness (QED) is 0.231. The van der Waals surface area contributed by atoms with Crippen LogP contribution < -0.4 is 16.6 Å². The van der Waals surface area contributed by atoms with Crippen molar-refractivity contribution in [3.05, 3.63) is 18.2 Å². The van der Waals surface area contributed by atoms with E-state index in [9.17, 15) is 0 Å². The van der Waals surface area contributed by atoms with Gasteiger partial charge in [-0.2, -0.15) is 0 Å². The molecule has 0 aliphatic rings. The normalized spacial score (nSPS) is 11.4. The van der Waals surface area contributed by atoms with Crippen molar-refractivity contribution in [1.29, 1.82) is 0 Å². The van der Waals surface area contributed by atoms with Crippen molar-refractivity contribution in [3.8, 4) is 0 Å². The van der Waals surface area contributed by atoms with Gasteiger partial charge in [0.25, 0.3) is 0 Å². The molecule has 0 spiro atoms. The maximum Gasteiger partial charge on any atom is 0.206 e. The molecule has 0 saturated heterocycles. The second-order valence-corrected chi connectivity index (χ2v) is 2.77. The molecular formula is C8H16N6. The molecule has 0 aliphatic heterocycles. The van der Waals surface area contributed by atoms with Crippen molar-refractivity contribution in [1.82, 2.24) is 20.7 Å². The molecule has 78 valence electrons. The van der Waals surface area contributed by atoms with E-state index < -0.39 is 0 Å². The lowest BCUT2D eigenvalue weighted by atomic mass is 10.5. The van der Waals surface area contributed by atoms with Crippen LogP contribution in [0.5, 0.6) is 0 Å². The summed E-state index contributed by atoms with van der Waals surface area (Å²) in [7, 11) is 0. The number of hydrazine groups is 1. The Labute approximate surface area is 83.0 Å². The fourth-order valence-electron chi connectivity index (χ4n) is 0.934. The van der Waals surface area contributed by atoms with Crippen molar-refractivity contribution >= 4 is 5.96 Å². The standard InChI is InChI=1S/C8H16N6/c1-2-3-12-8(14-9)13-6-7-10-4-5-11-7/h4-5H,2-3,6,9H2,1H3,(H,10,11)(H2,12,13,14). The van der Waals surface area contributed by atoms with E-state index in [0.717, 1.165) is 18.8 Å². The molecule has 1 aromatic heterocycles. The first-order valence-electron chi connectivity index (χ1n) is 4.60. The summed E-state index contributed by atoms with van der Waals surface area (Å²) >= 11 is 0. The van der Waals surface area contributed by atoms with Crippen molar-refractivity contribution in [2.24, 2.45) is 10.8 Å². The zero-order valence-corrected chi connectivity index (χ0v) is 8.25. The van der Waals surface area contributed by atoms with Crippen LogP contribution in [0.3, 0.4) is 0 Å². The lowest BCUT2D eigenvalue weighted by Gasteiger charge is -2.06. The Balaban J connectivity index is 2.39. The average Bonchev–Trinajstić information content (AvgIpc) is 2.71. The molecule has 0 aliphatic carbocycles. The molecule has 6 nitrogen and oxygen atoms in total. The monoisotopic (exact) mass is 196 g/mol. The molecule has 0 saturated carbocycles. The Morgan fingerprint density at radius 3 is 3.14 bits per heavy atom. The molecule has 0 amide bonds. The van der Waals surface area contributed by atoms with Gasteiger partial charge in [-0.25, -0.2) is 15.8 Å². The van der Waals surface area contributed by atoms with Crippen molar-refractivity contribution < 1.29 is 0 Å². The summed E-state index contributed by atoms with van der Waals surface area (Å²) in [6.45, 7) is 3.41. The van der Waals surface area contributed by atoms with Crippen LogP contribution in [-0.2, 0) is 6.54 Å². The predicted octanol–water partition coefficient (Wildman–Crippen LogP) is -0.271. The van der Waals surface area contributed by atoms with E-state index in [4.69, 9.17) is 5.84 Å². The third kappa shape index (κ3) is 3.44. The number of nitrogens with one attached hydrogen (secondary N) is 3. The van der Waals surface area contributed by atoms with Gasteiger partial charge in [0.15, 0.2) is 0 Å². The van der Waals surface area contributed by atoms with Gasteiger partial charge in [-0.05, 0) is 6.42 Å². The number of nitrogens with two attached hydrogens (primary N) is 1. The highest BCUT2D eigenvalue weighted by Crippen LogP contribution is 1.90. The van der Waals surface area contributed by atoms with E-state index in [0.29, 0.717) is 12.5 Å². The van der Waals surface area contributed by atoms with Crippen LogP contribution in [0.4, 0.5) is 0 Å². The van der Waals surface area contributed by atoms with Crippen molar-refractivity contribution in [2.45, 2.75) is 19.9 Å². The Morgan fingerprint density at radius 2 is 2.57 bits per heavy atom. The third-order valence-electron chi connectivity index (χ3n) is 1.62.